The fourth-order valence-electron chi connectivity index (χ4n) is 2.45. The lowest BCUT2D eigenvalue weighted by molar-refractivity contribution is -0.120. The normalized spacial score (nSPS) is 22.9. The number of aliphatic hydroxyl groups excluding tert-OH is 1. The van der Waals surface area contributed by atoms with E-state index in [0.29, 0.717) is 18.7 Å². The molecule has 0 aromatic heterocycles. The largest absolute Gasteiger partial charge is 0.399 e. The van der Waals surface area contributed by atoms with E-state index in [4.69, 9.17) is 5.73 Å². The van der Waals surface area contributed by atoms with Crippen molar-refractivity contribution in [3.8, 4) is 0 Å². The number of carbonyl (C=O) groups excluding carboxylic acids is 1. The summed E-state index contributed by atoms with van der Waals surface area (Å²) in [7, 11) is 0. The Hall–Kier alpha value is -1.55. The Morgan fingerprint density at radius 2 is 2.28 bits per heavy atom. The Morgan fingerprint density at radius 3 is 2.94 bits per heavy atom. The van der Waals surface area contributed by atoms with E-state index in [-0.39, 0.29) is 17.9 Å². The van der Waals surface area contributed by atoms with E-state index in [1.807, 2.05) is 18.2 Å². The van der Waals surface area contributed by atoms with Crippen LogP contribution in [0.1, 0.15) is 24.8 Å². The molecule has 98 valence electrons. The molecule has 1 saturated carbocycles. The summed E-state index contributed by atoms with van der Waals surface area (Å²) in [6, 6.07) is 7.35. The molecule has 0 bridgehead atoms. The van der Waals surface area contributed by atoms with Gasteiger partial charge in [-0.05, 0) is 30.5 Å². The van der Waals surface area contributed by atoms with Gasteiger partial charge in [0.05, 0.1) is 12.5 Å². The molecule has 1 aromatic carbocycles. The second kappa shape index (κ2) is 5.87. The number of nitrogens with one attached hydrogen (secondary N) is 1. The number of nitrogen functional groups attached to an aromatic ring is 1. The van der Waals surface area contributed by atoms with Gasteiger partial charge >= 0.3 is 0 Å². The highest BCUT2D eigenvalue weighted by Crippen LogP contribution is 2.24. The number of amides is 1. The van der Waals surface area contributed by atoms with E-state index in [0.717, 1.165) is 24.8 Å². The summed E-state index contributed by atoms with van der Waals surface area (Å²) >= 11 is 0. The van der Waals surface area contributed by atoms with Gasteiger partial charge in [-0.3, -0.25) is 4.79 Å². The van der Waals surface area contributed by atoms with Crippen molar-refractivity contribution >= 4 is 11.6 Å². The fraction of sp³-hybridized carbons (Fsp3) is 0.500. The van der Waals surface area contributed by atoms with Crippen LogP contribution in [0.15, 0.2) is 24.3 Å². The lowest BCUT2D eigenvalue weighted by Gasteiger charge is -2.15. The zero-order valence-corrected chi connectivity index (χ0v) is 10.4. The highest BCUT2D eigenvalue weighted by Gasteiger charge is 2.25. The molecule has 2 atom stereocenters. The lowest BCUT2D eigenvalue weighted by Crippen LogP contribution is -2.33. The molecule has 0 saturated heterocycles. The quantitative estimate of drug-likeness (QED) is 0.698. The van der Waals surface area contributed by atoms with Gasteiger partial charge in [-0.25, -0.2) is 0 Å². The number of carbonyl (C=O) groups is 1. The molecular weight excluding hydrogens is 228 g/mol. The Morgan fingerprint density at radius 1 is 1.44 bits per heavy atom. The fourth-order valence-corrected chi connectivity index (χ4v) is 2.45. The van der Waals surface area contributed by atoms with Crippen molar-refractivity contribution < 1.29 is 9.90 Å². The first-order valence-electron chi connectivity index (χ1n) is 6.44. The standard InChI is InChI=1S/C14H20N2O2/c15-12-5-1-3-10(7-12)8-14(18)16-9-11-4-2-6-13(11)17/h1,3,5,7,11,13,17H,2,4,6,8-9,15H2,(H,16,18). The van der Waals surface area contributed by atoms with Gasteiger partial charge in [-0.2, -0.15) is 0 Å². The zero-order valence-electron chi connectivity index (χ0n) is 10.4. The number of nitrogens with two attached hydrogens (primary N) is 1. The Labute approximate surface area is 107 Å². The number of rotatable bonds is 4. The Kier molecular flexibility index (Phi) is 4.20. The van der Waals surface area contributed by atoms with Gasteiger partial charge < -0.3 is 16.2 Å². The van der Waals surface area contributed by atoms with Gasteiger partial charge in [-0.15, -0.1) is 0 Å². The van der Waals surface area contributed by atoms with E-state index in [1.54, 1.807) is 6.07 Å². The zero-order chi connectivity index (χ0) is 13.0. The maximum atomic E-state index is 11.8. The van der Waals surface area contributed by atoms with Crippen molar-refractivity contribution in [3.05, 3.63) is 29.8 Å². The van der Waals surface area contributed by atoms with Crippen molar-refractivity contribution in [2.75, 3.05) is 12.3 Å². The van der Waals surface area contributed by atoms with Crippen LogP contribution in [0.25, 0.3) is 0 Å². The molecule has 4 N–H and O–H groups in total. The minimum Gasteiger partial charge on any atom is -0.399 e. The van der Waals surface area contributed by atoms with Gasteiger partial charge in [0.15, 0.2) is 0 Å². The van der Waals surface area contributed by atoms with Crippen LogP contribution >= 0.6 is 0 Å². The molecule has 4 nitrogen and oxygen atoms in total. The minimum atomic E-state index is -0.252. The van der Waals surface area contributed by atoms with Crippen LogP contribution in [0.2, 0.25) is 0 Å². The molecule has 1 aliphatic rings. The second-order valence-corrected chi connectivity index (χ2v) is 4.98. The van der Waals surface area contributed by atoms with E-state index in [1.165, 1.54) is 0 Å². The van der Waals surface area contributed by atoms with Crippen LogP contribution in [-0.2, 0) is 11.2 Å². The average molecular weight is 248 g/mol. The lowest BCUT2D eigenvalue weighted by atomic mass is 10.1. The third-order valence-corrected chi connectivity index (χ3v) is 3.50. The third kappa shape index (κ3) is 3.47. The molecule has 1 aromatic rings. The highest BCUT2D eigenvalue weighted by molar-refractivity contribution is 5.78. The summed E-state index contributed by atoms with van der Waals surface area (Å²) in [5, 5.41) is 12.5. The Balaban J connectivity index is 1.78. The van der Waals surface area contributed by atoms with Crippen molar-refractivity contribution in [2.24, 2.45) is 5.92 Å². The van der Waals surface area contributed by atoms with E-state index in [9.17, 15) is 9.90 Å². The second-order valence-electron chi connectivity index (χ2n) is 4.98. The molecule has 1 fully saturated rings. The van der Waals surface area contributed by atoms with Crippen molar-refractivity contribution in [1.29, 1.82) is 0 Å². The summed E-state index contributed by atoms with van der Waals surface area (Å²) < 4.78 is 0. The van der Waals surface area contributed by atoms with Crippen molar-refractivity contribution in [3.63, 3.8) is 0 Å². The summed E-state index contributed by atoms with van der Waals surface area (Å²) in [6.07, 6.45) is 3.00. The number of hydrogen-bond donors (Lipinski definition) is 3. The summed E-state index contributed by atoms with van der Waals surface area (Å²) in [6.45, 7) is 0.572. The predicted octanol–water partition coefficient (Wildman–Crippen LogP) is 1.09. The maximum Gasteiger partial charge on any atom is 0.224 e. The summed E-state index contributed by atoms with van der Waals surface area (Å²) in [4.78, 5) is 11.8. The van der Waals surface area contributed by atoms with E-state index < -0.39 is 0 Å². The molecule has 18 heavy (non-hydrogen) atoms. The SMILES string of the molecule is Nc1cccc(CC(=O)NCC2CCCC2O)c1. The average Bonchev–Trinajstić information content (AvgIpc) is 2.72. The van der Waals surface area contributed by atoms with E-state index in [2.05, 4.69) is 5.32 Å². The van der Waals surface area contributed by atoms with Crippen LogP contribution in [0.3, 0.4) is 0 Å². The number of aliphatic hydroxyl groups is 1. The van der Waals surface area contributed by atoms with E-state index >= 15 is 0 Å². The van der Waals surface area contributed by atoms with Crippen LogP contribution in [0.4, 0.5) is 5.69 Å². The van der Waals surface area contributed by atoms with Crippen LogP contribution in [0.5, 0.6) is 0 Å². The molecule has 0 radical (unpaired) electrons. The molecule has 0 aliphatic heterocycles. The number of benzene rings is 1. The predicted molar refractivity (Wildman–Crippen MR) is 70.9 cm³/mol. The molecule has 4 heteroatoms. The van der Waals surface area contributed by atoms with Gasteiger partial charge in [0.25, 0.3) is 0 Å². The number of anilines is 1. The first-order chi connectivity index (χ1) is 8.65. The first kappa shape index (κ1) is 12.9. The van der Waals surface area contributed by atoms with Gasteiger partial charge in [0.2, 0.25) is 5.91 Å². The molecular formula is C14H20N2O2. The summed E-state index contributed by atoms with van der Waals surface area (Å²) in [5.74, 6) is 0.203. The smallest absolute Gasteiger partial charge is 0.224 e. The molecule has 2 unspecified atom stereocenters. The van der Waals surface area contributed by atoms with Crippen molar-refractivity contribution in [2.45, 2.75) is 31.8 Å². The molecule has 0 spiro atoms. The Bertz CT molecular complexity index is 420. The maximum absolute atomic E-state index is 11.8. The monoisotopic (exact) mass is 248 g/mol. The molecule has 1 aliphatic carbocycles. The third-order valence-electron chi connectivity index (χ3n) is 3.50. The minimum absolute atomic E-state index is 0.0142. The van der Waals surface area contributed by atoms with Crippen LogP contribution < -0.4 is 11.1 Å². The molecule has 2 rings (SSSR count). The number of hydrogen-bond acceptors (Lipinski definition) is 3. The first-order valence-corrected chi connectivity index (χ1v) is 6.44. The van der Waals surface area contributed by atoms with Gasteiger partial charge in [-0.1, -0.05) is 18.6 Å². The highest BCUT2D eigenvalue weighted by atomic mass is 16.3. The van der Waals surface area contributed by atoms with Crippen LogP contribution in [-0.4, -0.2) is 23.7 Å². The van der Waals surface area contributed by atoms with Gasteiger partial charge in [0.1, 0.15) is 0 Å². The van der Waals surface area contributed by atoms with Crippen LogP contribution in [0, 0.1) is 5.92 Å². The topological polar surface area (TPSA) is 75.4 Å². The summed E-state index contributed by atoms with van der Waals surface area (Å²) in [5.41, 5.74) is 7.25. The molecule has 1 amide bonds. The van der Waals surface area contributed by atoms with Crippen molar-refractivity contribution in [1.82, 2.24) is 5.32 Å². The van der Waals surface area contributed by atoms with Gasteiger partial charge in [0, 0.05) is 18.2 Å². The molecule has 0 heterocycles.